The van der Waals surface area contributed by atoms with Crippen molar-refractivity contribution in [3.63, 3.8) is 0 Å². The first-order valence-corrected chi connectivity index (χ1v) is 14.6. The summed E-state index contributed by atoms with van der Waals surface area (Å²) < 4.78 is 16.9. The zero-order valence-electron chi connectivity index (χ0n) is 23.0. The van der Waals surface area contributed by atoms with Gasteiger partial charge in [-0.15, -0.1) is 0 Å². The second-order valence-electron chi connectivity index (χ2n) is 13.8. The van der Waals surface area contributed by atoms with E-state index in [0.717, 1.165) is 12.0 Å². The summed E-state index contributed by atoms with van der Waals surface area (Å²) >= 11 is 0. The molecule has 5 fully saturated rings. The number of carbonyl (C=O) groups is 1. The topological polar surface area (TPSA) is 166 Å². The van der Waals surface area contributed by atoms with E-state index in [1.54, 1.807) is 13.0 Å². The van der Waals surface area contributed by atoms with E-state index in [9.17, 15) is 35.4 Å². The van der Waals surface area contributed by atoms with Gasteiger partial charge in [-0.05, 0) is 75.2 Å². The van der Waals surface area contributed by atoms with Crippen LogP contribution < -0.4 is 0 Å². The number of hydrogen-bond donors (Lipinski definition) is 6. The molecule has 0 bridgehead atoms. The molecule has 0 amide bonds. The molecule has 0 spiro atoms. The Morgan fingerprint density at radius 3 is 2.36 bits per heavy atom. The average molecular weight is 553 g/mol. The molecule has 4 aliphatic carbocycles. The van der Waals surface area contributed by atoms with Gasteiger partial charge in [-0.3, -0.25) is 0 Å². The fourth-order valence-electron chi connectivity index (χ4n) is 9.89. The summed E-state index contributed by atoms with van der Waals surface area (Å²) in [5.74, 6) is -0.893. The second kappa shape index (κ2) is 9.19. The quantitative estimate of drug-likeness (QED) is 0.215. The first-order chi connectivity index (χ1) is 18.2. The normalized spacial score (nSPS) is 57.3. The van der Waals surface area contributed by atoms with Crippen LogP contribution in [0.5, 0.6) is 0 Å². The molecule has 0 radical (unpaired) electrons. The molecule has 0 aromatic rings. The lowest BCUT2D eigenvalue weighted by Crippen LogP contribution is -2.71. The Kier molecular flexibility index (Phi) is 6.61. The lowest BCUT2D eigenvalue weighted by Gasteiger charge is -2.67. The molecule has 1 saturated heterocycles. The third-order valence-electron chi connectivity index (χ3n) is 12.2. The van der Waals surface area contributed by atoms with Gasteiger partial charge in [0.1, 0.15) is 24.9 Å². The third kappa shape index (κ3) is 3.86. The lowest BCUT2D eigenvalue weighted by atomic mass is 9.41. The number of cyclic esters (lactones) is 1. The molecule has 0 aromatic carbocycles. The van der Waals surface area contributed by atoms with Gasteiger partial charge in [0.25, 0.3) is 0 Å². The highest BCUT2D eigenvalue weighted by Gasteiger charge is 2.72. The Morgan fingerprint density at radius 1 is 0.923 bits per heavy atom. The maximum atomic E-state index is 12.4. The van der Waals surface area contributed by atoms with Crippen LogP contribution in [0.1, 0.15) is 72.1 Å². The largest absolute Gasteiger partial charge is 0.458 e. The van der Waals surface area contributed by atoms with E-state index in [0.29, 0.717) is 38.5 Å². The number of aliphatic hydroxyl groups excluding tert-OH is 4. The van der Waals surface area contributed by atoms with Gasteiger partial charge in [-0.2, -0.15) is 0 Å². The van der Waals surface area contributed by atoms with Crippen LogP contribution in [0.25, 0.3) is 0 Å². The summed E-state index contributed by atoms with van der Waals surface area (Å²) in [5.41, 5.74) is -2.54. The number of hydrogen-bond acceptors (Lipinski definition) is 10. The summed E-state index contributed by atoms with van der Waals surface area (Å²) in [4.78, 5) is 11.8. The van der Waals surface area contributed by atoms with Crippen molar-refractivity contribution in [2.24, 2.45) is 28.6 Å². The first-order valence-electron chi connectivity index (χ1n) is 14.6. The monoisotopic (exact) mass is 552 g/mol. The molecule has 10 heteroatoms. The zero-order chi connectivity index (χ0) is 28.1. The predicted octanol–water partition coefficient (Wildman–Crippen LogP) is 0.542. The average Bonchev–Trinajstić information content (AvgIpc) is 3.41. The first kappa shape index (κ1) is 28.0. The van der Waals surface area contributed by atoms with Crippen molar-refractivity contribution in [1.29, 1.82) is 0 Å². The summed E-state index contributed by atoms with van der Waals surface area (Å²) in [6, 6.07) is 0. The molecule has 6 aliphatic rings. The standard InChI is InChI=1S/C29H44O10/c1-14-22(32)23(33)24(34)25(38-14)39-16-4-7-26(2)21-18(5-8-28(26,35)11-16)29(36)9-6-17(15-10-20(31)37-13-15)27(29,3)12-19(21)30/h10,14,16-19,21-25,30,32-36H,4-9,11-13H2,1-3H3/t14-,16+,17?,18?,19?,21?,22+,23-,24-,25+,26-,27-,28+,29+/m1/s1. The summed E-state index contributed by atoms with van der Waals surface area (Å²) in [7, 11) is 0. The van der Waals surface area contributed by atoms with E-state index >= 15 is 0 Å². The molecular formula is C29H44O10. The van der Waals surface area contributed by atoms with Crippen LogP contribution in [0.4, 0.5) is 0 Å². The van der Waals surface area contributed by atoms with Gasteiger partial charge in [0.05, 0.1) is 29.5 Å². The van der Waals surface area contributed by atoms with Gasteiger partial charge >= 0.3 is 5.97 Å². The minimum Gasteiger partial charge on any atom is -0.458 e. The second-order valence-corrected chi connectivity index (χ2v) is 13.8. The SMILES string of the molecule is C[C@H]1O[C@@H](O[C@H]2CC[C@]3(C)C4C(O)C[C@]5(C)C(C6=CC(=O)OC6)CC[C@]5(O)C4CC[C@]3(O)C2)[C@H](O)[C@H](O)[C@H]1O. The Hall–Kier alpha value is -1.11. The van der Waals surface area contributed by atoms with Gasteiger partial charge < -0.3 is 44.8 Å². The molecule has 220 valence electrons. The van der Waals surface area contributed by atoms with E-state index < -0.39 is 64.9 Å². The Morgan fingerprint density at radius 2 is 1.67 bits per heavy atom. The molecule has 6 N–H and O–H groups in total. The smallest absolute Gasteiger partial charge is 0.331 e. The highest BCUT2D eigenvalue weighted by Crippen LogP contribution is 2.70. The molecule has 39 heavy (non-hydrogen) atoms. The molecule has 4 saturated carbocycles. The van der Waals surface area contributed by atoms with Crippen molar-refractivity contribution >= 4 is 5.97 Å². The van der Waals surface area contributed by atoms with E-state index in [1.807, 2.05) is 13.8 Å². The van der Waals surface area contributed by atoms with Gasteiger partial charge in [-0.1, -0.05) is 13.8 Å². The number of aliphatic hydroxyl groups is 6. The Labute approximate surface area is 229 Å². The summed E-state index contributed by atoms with van der Waals surface area (Å²) in [6.45, 7) is 5.92. The molecule has 14 atom stereocenters. The van der Waals surface area contributed by atoms with Crippen LogP contribution >= 0.6 is 0 Å². The van der Waals surface area contributed by atoms with E-state index in [4.69, 9.17) is 14.2 Å². The van der Waals surface area contributed by atoms with Gasteiger partial charge in [0.15, 0.2) is 6.29 Å². The Balaban J connectivity index is 1.22. The van der Waals surface area contributed by atoms with Crippen molar-refractivity contribution in [3.8, 4) is 0 Å². The van der Waals surface area contributed by atoms with Crippen molar-refractivity contribution in [1.82, 2.24) is 0 Å². The third-order valence-corrected chi connectivity index (χ3v) is 12.2. The number of fused-ring (bicyclic) bond motifs is 5. The maximum Gasteiger partial charge on any atom is 0.331 e. The van der Waals surface area contributed by atoms with Crippen molar-refractivity contribution < 1.29 is 49.6 Å². The van der Waals surface area contributed by atoms with Crippen LogP contribution in [0.15, 0.2) is 11.6 Å². The number of carbonyl (C=O) groups excluding carboxylic acids is 1. The van der Waals surface area contributed by atoms with Gasteiger partial charge in [0, 0.05) is 23.3 Å². The number of esters is 1. The minimum atomic E-state index is -1.41. The maximum absolute atomic E-state index is 12.4. The molecule has 2 heterocycles. The molecular weight excluding hydrogens is 508 g/mol. The predicted molar refractivity (Wildman–Crippen MR) is 136 cm³/mol. The van der Waals surface area contributed by atoms with E-state index in [1.165, 1.54) is 0 Å². The summed E-state index contributed by atoms with van der Waals surface area (Å²) in [6.07, 6.45) is -1.39. The fraction of sp³-hybridized carbons (Fsp3) is 0.897. The lowest BCUT2D eigenvalue weighted by molar-refractivity contribution is -0.323. The van der Waals surface area contributed by atoms with E-state index in [-0.39, 0.29) is 36.8 Å². The molecule has 2 aliphatic heterocycles. The van der Waals surface area contributed by atoms with Crippen LogP contribution in [0.2, 0.25) is 0 Å². The van der Waals surface area contributed by atoms with Crippen LogP contribution in [0.3, 0.4) is 0 Å². The van der Waals surface area contributed by atoms with E-state index in [2.05, 4.69) is 0 Å². The van der Waals surface area contributed by atoms with Crippen molar-refractivity contribution in [3.05, 3.63) is 11.6 Å². The molecule has 6 rings (SSSR count). The summed E-state index contributed by atoms with van der Waals surface area (Å²) in [5, 5.41) is 66.9. The zero-order valence-corrected chi connectivity index (χ0v) is 23.0. The van der Waals surface area contributed by atoms with Crippen molar-refractivity contribution in [2.75, 3.05) is 6.61 Å². The highest BCUT2D eigenvalue weighted by molar-refractivity contribution is 5.85. The minimum absolute atomic E-state index is 0.0412. The van der Waals surface area contributed by atoms with Crippen LogP contribution in [-0.2, 0) is 19.0 Å². The van der Waals surface area contributed by atoms with Crippen molar-refractivity contribution in [2.45, 2.75) is 126 Å². The van der Waals surface area contributed by atoms with Crippen LogP contribution in [-0.4, -0.2) is 97.3 Å². The number of ether oxygens (including phenoxy) is 3. The number of rotatable bonds is 3. The highest BCUT2D eigenvalue weighted by atomic mass is 16.7. The van der Waals surface area contributed by atoms with Gasteiger partial charge in [0.2, 0.25) is 0 Å². The molecule has 0 aromatic heterocycles. The molecule has 4 unspecified atom stereocenters. The van der Waals surface area contributed by atoms with Gasteiger partial charge in [-0.25, -0.2) is 4.79 Å². The molecule has 10 nitrogen and oxygen atoms in total. The fourth-order valence-corrected chi connectivity index (χ4v) is 9.89. The van der Waals surface area contributed by atoms with Crippen LogP contribution in [0, 0.1) is 28.6 Å². The Bertz CT molecular complexity index is 1030.